The summed E-state index contributed by atoms with van der Waals surface area (Å²) in [5.41, 5.74) is 5.67. The van der Waals surface area contributed by atoms with E-state index in [0.29, 0.717) is 15.8 Å². The molecular weight excluding hydrogens is 475 g/mol. The summed E-state index contributed by atoms with van der Waals surface area (Å²) < 4.78 is 4.06. The molecule has 0 radical (unpaired) electrons. The van der Waals surface area contributed by atoms with Gasteiger partial charge in [-0.1, -0.05) is 30.1 Å². The van der Waals surface area contributed by atoms with Gasteiger partial charge >= 0.3 is 0 Å². The number of benzene rings is 1. The fraction of sp³-hybridized carbons (Fsp3) is 0.200. The highest BCUT2D eigenvalue weighted by Gasteiger charge is 2.31. The summed E-state index contributed by atoms with van der Waals surface area (Å²) in [6.45, 7) is 10.4. The molecule has 1 saturated heterocycles. The van der Waals surface area contributed by atoms with Crippen LogP contribution in [0.15, 0.2) is 41.8 Å². The number of halogens is 1. The maximum Gasteiger partial charge on any atom is 0.266 e. The first-order chi connectivity index (χ1) is 12.3. The Hall–Kier alpha value is -1.38. The molecule has 1 aliphatic rings. The predicted molar refractivity (Wildman–Crippen MR) is 123 cm³/mol. The Bertz CT molecular complexity index is 959. The van der Waals surface area contributed by atoms with Gasteiger partial charge in [0.2, 0.25) is 0 Å². The minimum atomic E-state index is -0.0465. The van der Waals surface area contributed by atoms with Crippen LogP contribution in [0.3, 0.4) is 0 Å². The van der Waals surface area contributed by atoms with Crippen molar-refractivity contribution in [3.63, 3.8) is 0 Å². The number of amides is 1. The lowest BCUT2D eigenvalue weighted by molar-refractivity contribution is -0.121. The molecule has 1 fully saturated rings. The number of nitrogens with zero attached hydrogens (tertiary/aromatic N) is 2. The number of carbonyl (C=O) groups is 1. The molecule has 26 heavy (non-hydrogen) atoms. The van der Waals surface area contributed by atoms with E-state index in [1.807, 2.05) is 6.08 Å². The van der Waals surface area contributed by atoms with E-state index in [1.54, 1.807) is 11.0 Å². The van der Waals surface area contributed by atoms with Crippen LogP contribution in [0.1, 0.15) is 22.5 Å². The molecule has 0 saturated carbocycles. The van der Waals surface area contributed by atoms with E-state index < -0.39 is 0 Å². The van der Waals surface area contributed by atoms with Gasteiger partial charge in [0.15, 0.2) is 0 Å². The van der Waals surface area contributed by atoms with Crippen molar-refractivity contribution in [1.82, 2.24) is 9.47 Å². The zero-order valence-corrected chi connectivity index (χ0v) is 18.7. The molecule has 1 aliphatic heterocycles. The number of thioether (sulfide) groups is 1. The summed E-state index contributed by atoms with van der Waals surface area (Å²) in [4.78, 5) is 14.8. The number of carbonyl (C=O) groups excluding carboxylic acids is 1. The number of aromatic nitrogens is 1. The zero-order chi connectivity index (χ0) is 19.0. The Morgan fingerprint density at radius 3 is 2.65 bits per heavy atom. The minimum absolute atomic E-state index is 0.0465. The lowest BCUT2D eigenvalue weighted by atomic mass is 10.2. The van der Waals surface area contributed by atoms with E-state index in [-0.39, 0.29) is 5.91 Å². The standard InChI is InChI=1S/C20H19IN2OS2/c1-5-8-22-19(24)18(26-20(22)25)11-15-10-13(3)23(14(15)4)16-6-7-17(21)12(2)9-16/h5-7,9-11H,1,8H2,2-4H3/b18-11-. The van der Waals surface area contributed by atoms with Gasteiger partial charge in [-0.15, -0.1) is 6.58 Å². The van der Waals surface area contributed by atoms with Gasteiger partial charge in [0.05, 0.1) is 4.91 Å². The zero-order valence-electron chi connectivity index (χ0n) is 14.9. The first-order valence-electron chi connectivity index (χ1n) is 8.15. The van der Waals surface area contributed by atoms with E-state index in [2.05, 4.69) is 78.8 Å². The van der Waals surface area contributed by atoms with Gasteiger partial charge in [-0.25, -0.2) is 0 Å². The molecule has 1 aromatic heterocycles. The molecule has 2 aromatic rings. The van der Waals surface area contributed by atoms with Gasteiger partial charge in [0.25, 0.3) is 5.91 Å². The van der Waals surface area contributed by atoms with Crippen molar-refractivity contribution in [2.45, 2.75) is 20.8 Å². The second-order valence-electron chi connectivity index (χ2n) is 6.18. The van der Waals surface area contributed by atoms with Crippen molar-refractivity contribution in [1.29, 1.82) is 0 Å². The van der Waals surface area contributed by atoms with Gasteiger partial charge in [-0.2, -0.15) is 0 Å². The van der Waals surface area contributed by atoms with E-state index >= 15 is 0 Å². The molecule has 2 heterocycles. The number of aryl methyl sites for hydroxylation is 2. The Kier molecular flexibility index (Phi) is 5.74. The Balaban J connectivity index is 2.01. The molecule has 0 N–H and O–H groups in total. The van der Waals surface area contributed by atoms with Gasteiger partial charge < -0.3 is 4.57 Å². The summed E-state index contributed by atoms with van der Waals surface area (Å²) in [5.74, 6) is -0.0465. The number of hydrogen-bond donors (Lipinski definition) is 0. The highest BCUT2D eigenvalue weighted by atomic mass is 127. The molecule has 0 bridgehead atoms. The molecule has 3 rings (SSSR count). The first-order valence-corrected chi connectivity index (χ1v) is 10.5. The molecule has 0 unspecified atom stereocenters. The lowest BCUT2D eigenvalue weighted by Gasteiger charge is -2.11. The smallest absolute Gasteiger partial charge is 0.266 e. The Morgan fingerprint density at radius 1 is 1.27 bits per heavy atom. The van der Waals surface area contributed by atoms with E-state index in [9.17, 15) is 4.79 Å². The molecular formula is C20H19IN2OS2. The molecule has 3 nitrogen and oxygen atoms in total. The van der Waals surface area contributed by atoms with E-state index in [0.717, 1.165) is 22.6 Å². The second-order valence-corrected chi connectivity index (χ2v) is 9.01. The Labute approximate surface area is 177 Å². The molecule has 0 spiro atoms. The molecule has 0 atom stereocenters. The highest BCUT2D eigenvalue weighted by Crippen LogP contribution is 2.34. The third-order valence-corrected chi connectivity index (χ3v) is 6.93. The van der Waals surface area contributed by atoms with Crippen molar-refractivity contribution >= 4 is 62.9 Å². The van der Waals surface area contributed by atoms with Gasteiger partial charge in [-0.05, 0) is 84.8 Å². The topological polar surface area (TPSA) is 25.2 Å². The van der Waals surface area contributed by atoms with Crippen LogP contribution < -0.4 is 0 Å². The van der Waals surface area contributed by atoms with E-state index in [1.165, 1.54) is 20.9 Å². The monoisotopic (exact) mass is 494 g/mol. The van der Waals surface area contributed by atoms with Crippen LogP contribution in [0, 0.1) is 24.3 Å². The number of hydrogen-bond acceptors (Lipinski definition) is 3. The fourth-order valence-electron chi connectivity index (χ4n) is 3.03. The van der Waals surface area contributed by atoms with Crippen LogP contribution in [0.2, 0.25) is 0 Å². The average Bonchev–Trinajstić information content (AvgIpc) is 3.01. The van der Waals surface area contributed by atoms with E-state index in [4.69, 9.17) is 12.2 Å². The van der Waals surface area contributed by atoms with Crippen molar-refractivity contribution in [3.05, 3.63) is 67.9 Å². The van der Waals surface area contributed by atoms with Crippen LogP contribution in [0.5, 0.6) is 0 Å². The third kappa shape index (κ3) is 3.54. The highest BCUT2D eigenvalue weighted by molar-refractivity contribution is 14.1. The lowest BCUT2D eigenvalue weighted by Crippen LogP contribution is -2.27. The molecule has 0 aliphatic carbocycles. The van der Waals surface area contributed by atoms with Crippen LogP contribution in [0.25, 0.3) is 11.8 Å². The minimum Gasteiger partial charge on any atom is -0.318 e. The van der Waals surface area contributed by atoms with Crippen LogP contribution >= 0.6 is 46.6 Å². The van der Waals surface area contributed by atoms with Crippen LogP contribution in [-0.4, -0.2) is 26.2 Å². The quantitative estimate of drug-likeness (QED) is 0.247. The molecule has 134 valence electrons. The molecule has 1 amide bonds. The van der Waals surface area contributed by atoms with Gasteiger partial charge in [-0.3, -0.25) is 9.69 Å². The van der Waals surface area contributed by atoms with Crippen molar-refractivity contribution in [2.24, 2.45) is 0 Å². The van der Waals surface area contributed by atoms with Crippen molar-refractivity contribution in [3.8, 4) is 5.69 Å². The van der Waals surface area contributed by atoms with Crippen molar-refractivity contribution < 1.29 is 4.79 Å². The number of rotatable bonds is 4. The third-order valence-electron chi connectivity index (χ3n) is 4.34. The normalized spacial score (nSPS) is 16.0. The summed E-state index contributed by atoms with van der Waals surface area (Å²) >= 11 is 9.01. The summed E-state index contributed by atoms with van der Waals surface area (Å²) in [5, 5.41) is 0. The van der Waals surface area contributed by atoms with Gasteiger partial charge in [0.1, 0.15) is 4.32 Å². The SMILES string of the molecule is C=CCN1C(=O)/C(=C/c2cc(C)n(-c3ccc(I)c(C)c3)c2C)SC1=S. The largest absolute Gasteiger partial charge is 0.318 e. The van der Waals surface area contributed by atoms with Crippen LogP contribution in [0.4, 0.5) is 0 Å². The van der Waals surface area contributed by atoms with Gasteiger partial charge in [0, 0.05) is 27.2 Å². The average molecular weight is 494 g/mol. The predicted octanol–water partition coefficient (Wildman–Crippen LogP) is 5.39. The molecule has 6 heteroatoms. The summed E-state index contributed by atoms with van der Waals surface area (Å²) in [7, 11) is 0. The van der Waals surface area contributed by atoms with Crippen LogP contribution in [-0.2, 0) is 4.79 Å². The maximum atomic E-state index is 12.6. The summed E-state index contributed by atoms with van der Waals surface area (Å²) in [6.07, 6.45) is 3.64. The first kappa shape index (κ1) is 19.4. The van der Waals surface area contributed by atoms with Crippen molar-refractivity contribution in [2.75, 3.05) is 6.54 Å². The fourth-order valence-corrected chi connectivity index (χ4v) is 4.63. The summed E-state index contributed by atoms with van der Waals surface area (Å²) in [6, 6.07) is 8.56. The molecule has 1 aromatic carbocycles. The second kappa shape index (κ2) is 7.70. The number of thiocarbonyl (C=S) groups is 1. The maximum absolute atomic E-state index is 12.6. The Morgan fingerprint density at radius 2 is 2.00 bits per heavy atom.